The van der Waals surface area contributed by atoms with Crippen LogP contribution in [0.3, 0.4) is 0 Å². The summed E-state index contributed by atoms with van der Waals surface area (Å²) in [6, 6.07) is 2.57. The van der Waals surface area contributed by atoms with Gasteiger partial charge in [-0.2, -0.15) is 25.9 Å². The molecule has 0 radical (unpaired) electrons. The summed E-state index contributed by atoms with van der Waals surface area (Å²) in [6.07, 6.45) is -4.56. The summed E-state index contributed by atoms with van der Waals surface area (Å²) < 4.78 is 68.3. The number of nitrogen functional groups attached to an aromatic ring is 1. The third-order valence-electron chi connectivity index (χ3n) is 5.01. The average molecular weight is 522 g/mol. The molecule has 2 aromatic rings. The Morgan fingerprint density at radius 3 is 2.59 bits per heavy atom. The van der Waals surface area contributed by atoms with Gasteiger partial charge >= 0.3 is 6.18 Å². The van der Waals surface area contributed by atoms with E-state index in [1.165, 1.54) is 13.0 Å². The maximum Gasteiger partial charge on any atom is 0.416 e. The van der Waals surface area contributed by atoms with E-state index in [0.29, 0.717) is 11.3 Å². The quantitative estimate of drug-likeness (QED) is 0.237. The van der Waals surface area contributed by atoms with Crippen molar-refractivity contribution in [2.75, 3.05) is 24.1 Å². The smallest absolute Gasteiger partial charge is 0.399 e. The average Bonchev–Trinajstić information content (AvgIpc) is 3.15. The maximum absolute atomic E-state index is 13.2. The summed E-state index contributed by atoms with van der Waals surface area (Å²) in [5.41, 5.74) is 5.80. The minimum atomic E-state index is -4.56. The monoisotopic (exact) mass is 521 g/mol. The highest BCUT2D eigenvalue weighted by atomic mass is 35.5. The highest BCUT2D eigenvalue weighted by molar-refractivity contribution is 7.87. The van der Waals surface area contributed by atoms with Crippen LogP contribution in [-0.2, 0) is 34.3 Å². The van der Waals surface area contributed by atoms with Crippen LogP contribution in [0.1, 0.15) is 42.3 Å². The zero-order chi connectivity index (χ0) is 25.3. The van der Waals surface area contributed by atoms with Crippen LogP contribution < -0.4 is 21.1 Å². The van der Waals surface area contributed by atoms with Crippen molar-refractivity contribution in [3.8, 4) is 0 Å². The third kappa shape index (κ3) is 6.25. The lowest BCUT2D eigenvalue weighted by molar-refractivity contribution is -0.137. The molecular weight excluding hydrogens is 499 g/mol. The lowest BCUT2D eigenvalue weighted by atomic mass is 10.0. The number of nitrogens with zero attached hydrogens (tertiary/aromatic N) is 3. The van der Waals surface area contributed by atoms with E-state index in [2.05, 4.69) is 25.3 Å². The number of hydrogen-bond acceptors (Lipinski definition) is 7. The van der Waals surface area contributed by atoms with Crippen molar-refractivity contribution in [1.29, 1.82) is 0 Å². The molecule has 15 heteroatoms. The summed E-state index contributed by atoms with van der Waals surface area (Å²) in [5.74, 6) is -0.0838. The molecule has 1 aromatic carbocycles. The van der Waals surface area contributed by atoms with Crippen LogP contribution >= 0.6 is 11.6 Å². The van der Waals surface area contributed by atoms with Crippen molar-refractivity contribution in [1.82, 2.24) is 24.3 Å². The van der Waals surface area contributed by atoms with Gasteiger partial charge in [0.25, 0.3) is 10.2 Å². The largest absolute Gasteiger partial charge is 0.416 e. The number of aromatic nitrogens is 2. The third-order valence-corrected chi connectivity index (χ3v) is 6.68. The lowest BCUT2D eigenvalue weighted by Gasteiger charge is -2.19. The van der Waals surface area contributed by atoms with Gasteiger partial charge in [-0.3, -0.25) is 4.79 Å². The fourth-order valence-corrected chi connectivity index (χ4v) is 4.69. The van der Waals surface area contributed by atoms with Crippen molar-refractivity contribution in [3.05, 3.63) is 45.9 Å². The molecule has 5 N–H and O–H groups in total. The molecule has 0 saturated carbocycles. The number of nitrogens with two attached hydrogens (primary N) is 1. The molecule has 2 heterocycles. The van der Waals surface area contributed by atoms with Gasteiger partial charge in [0.1, 0.15) is 5.82 Å². The number of rotatable bonds is 8. The van der Waals surface area contributed by atoms with E-state index in [9.17, 15) is 26.4 Å². The Morgan fingerprint density at radius 1 is 1.24 bits per heavy atom. The first kappa shape index (κ1) is 25.9. The van der Waals surface area contributed by atoms with Crippen molar-refractivity contribution in [3.63, 3.8) is 0 Å². The number of anilines is 2. The second-order valence-electron chi connectivity index (χ2n) is 7.67. The van der Waals surface area contributed by atoms with Crippen molar-refractivity contribution < 1.29 is 26.4 Å². The molecule has 186 valence electrons. The van der Waals surface area contributed by atoms with Gasteiger partial charge in [-0.05, 0) is 42.3 Å². The van der Waals surface area contributed by atoms with Crippen LogP contribution in [0.25, 0.3) is 0 Å². The second kappa shape index (κ2) is 9.90. The molecule has 3 rings (SSSR count). The Hall–Kier alpha value is -2.68. The summed E-state index contributed by atoms with van der Waals surface area (Å²) >= 11 is 6.01. The van der Waals surface area contributed by atoms with Crippen LogP contribution in [0.2, 0.25) is 5.28 Å². The molecule has 0 spiro atoms. The number of nitrogens with one attached hydrogen (secondary N) is 3. The van der Waals surface area contributed by atoms with Crippen molar-refractivity contribution in [2.45, 2.75) is 39.2 Å². The predicted molar refractivity (Wildman–Crippen MR) is 120 cm³/mol. The number of halogens is 4. The van der Waals surface area contributed by atoms with Crippen LogP contribution in [0.5, 0.6) is 0 Å². The molecule has 0 unspecified atom stereocenters. The van der Waals surface area contributed by atoms with Crippen LogP contribution in [-0.4, -0.2) is 41.7 Å². The fraction of sp³-hybridized carbons (Fsp3) is 0.421. The highest BCUT2D eigenvalue weighted by Gasteiger charge is 2.34. The summed E-state index contributed by atoms with van der Waals surface area (Å²) in [5, 5.41) is 5.33. The molecule has 0 fully saturated rings. The summed E-state index contributed by atoms with van der Waals surface area (Å²) in [4.78, 5) is 19.1. The standard InChI is InChI=1S/C19H23ClF3N7O3S/c1-10(12-5-13(19(21,22)23)7-14(24)6-12)27-17-15-8-30(9-16(15)28-18(20)29-17)34(32,33)26-4-3-25-11(2)31/h5-7,10,26H,3-4,8-9,24H2,1-2H3,(H,25,31)(H,27,28,29)/t10-/m1/s1. The molecule has 34 heavy (non-hydrogen) atoms. The van der Waals surface area contributed by atoms with Crippen molar-refractivity contribution in [2.24, 2.45) is 0 Å². The molecular formula is C19H23ClF3N7O3S. The highest BCUT2D eigenvalue weighted by Crippen LogP contribution is 2.35. The molecule has 0 bridgehead atoms. The minimum Gasteiger partial charge on any atom is -0.399 e. The van der Waals surface area contributed by atoms with Gasteiger partial charge in [0.05, 0.1) is 23.8 Å². The van der Waals surface area contributed by atoms with Gasteiger partial charge in [-0.15, -0.1) is 0 Å². The Kier molecular flexibility index (Phi) is 7.55. The number of amides is 1. The van der Waals surface area contributed by atoms with Crippen LogP contribution in [0.4, 0.5) is 24.7 Å². The van der Waals surface area contributed by atoms with Gasteiger partial charge in [-0.1, -0.05) is 0 Å². The van der Waals surface area contributed by atoms with E-state index in [0.717, 1.165) is 16.4 Å². The van der Waals surface area contributed by atoms with Crippen LogP contribution in [0, 0.1) is 0 Å². The number of fused-ring (bicyclic) bond motifs is 1. The Labute approximate surface area is 199 Å². The molecule has 1 amide bonds. The molecule has 1 aromatic heterocycles. The first-order valence-corrected chi connectivity index (χ1v) is 11.9. The van der Waals surface area contributed by atoms with E-state index >= 15 is 0 Å². The predicted octanol–water partition coefficient (Wildman–Crippen LogP) is 2.19. The molecule has 1 aliphatic heterocycles. The van der Waals surface area contributed by atoms with Gasteiger partial charge in [0, 0.05) is 37.8 Å². The number of carbonyl (C=O) groups is 1. The van der Waals surface area contributed by atoms with E-state index in [1.807, 2.05) is 0 Å². The number of alkyl halides is 3. The topological polar surface area (TPSA) is 142 Å². The van der Waals surface area contributed by atoms with E-state index in [-0.39, 0.29) is 54.4 Å². The molecule has 0 saturated heterocycles. The maximum atomic E-state index is 13.2. The Morgan fingerprint density at radius 2 is 1.94 bits per heavy atom. The van der Waals surface area contributed by atoms with Gasteiger partial charge in [-0.25, -0.2) is 14.7 Å². The molecule has 1 atom stereocenters. The van der Waals surface area contributed by atoms with E-state index in [4.69, 9.17) is 17.3 Å². The van der Waals surface area contributed by atoms with E-state index < -0.39 is 28.0 Å². The van der Waals surface area contributed by atoms with Gasteiger partial charge in [0.15, 0.2) is 0 Å². The number of hydrogen-bond donors (Lipinski definition) is 4. The minimum absolute atomic E-state index is 0.0136. The summed E-state index contributed by atoms with van der Waals surface area (Å²) in [6.45, 7) is 2.88. The van der Waals surface area contributed by atoms with E-state index in [1.54, 1.807) is 6.92 Å². The number of benzene rings is 1. The number of carbonyl (C=O) groups excluding carboxylic acids is 1. The van der Waals surface area contributed by atoms with Crippen molar-refractivity contribution >= 4 is 39.2 Å². The normalized spacial score (nSPS) is 15.1. The Balaban J connectivity index is 1.79. The van der Waals surface area contributed by atoms with Crippen LogP contribution in [0.15, 0.2) is 18.2 Å². The fourth-order valence-electron chi connectivity index (χ4n) is 3.37. The molecule has 10 nitrogen and oxygen atoms in total. The zero-order valence-corrected chi connectivity index (χ0v) is 19.8. The lowest BCUT2D eigenvalue weighted by Crippen LogP contribution is -2.41. The summed E-state index contributed by atoms with van der Waals surface area (Å²) in [7, 11) is -3.91. The zero-order valence-electron chi connectivity index (χ0n) is 18.2. The SMILES string of the molecule is CC(=O)NCCNS(=O)(=O)N1Cc2nc(Cl)nc(N[C@H](C)c3cc(N)cc(C(F)(F)F)c3)c2C1. The Bertz CT molecular complexity index is 1190. The molecule has 0 aliphatic carbocycles. The first-order chi connectivity index (χ1) is 15.8. The van der Waals surface area contributed by atoms with Gasteiger partial charge in [0.2, 0.25) is 11.2 Å². The first-order valence-electron chi connectivity index (χ1n) is 10.0. The van der Waals surface area contributed by atoms with Gasteiger partial charge < -0.3 is 16.4 Å². The molecule has 1 aliphatic rings. The second-order valence-corrected chi connectivity index (χ2v) is 9.76.